The fourth-order valence-electron chi connectivity index (χ4n) is 3.23. The number of aromatic nitrogens is 4. The summed E-state index contributed by atoms with van der Waals surface area (Å²) in [7, 11) is 1.62. The van der Waals surface area contributed by atoms with Crippen LogP contribution in [-0.2, 0) is 7.05 Å². The molecule has 0 atom stereocenters. The number of fused-ring (bicyclic) bond motifs is 1. The van der Waals surface area contributed by atoms with Crippen LogP contribution in [0.3, 0.4) is 0 Å². The maximum atomic E-state index is 12.8. The van der Waals surface area contributed by atoms with Crippen molar-refractivity contribution >= 4 is 34.3 Å². The summed E-state index contributed by atoms with van der Waals surface area (Å²) in [5.41, 5.74) is 2.21. The Kier molecular flexibility index (Phi) is 4.02. The molecule has 2 aromatic heterocycles. The number of rotatable bonds is 4. The first kappa shape index (κ1) is 17.7. The Balaban J connectivity index is 1.48. The van der Waals surface area contributed by atoms with E-state index in [4.69, 9.17) is 16.0 Å². The van der Waals surface area contributed by atoms with Crippen molar-refractivity contribution in [3.63, 3.8) is 0 Å². The van der Waals surface area contributed by atoms with E-state index in [-0.39, 0.29) is 11.7 Å². The highest BCUT2D eigenvalue weighted by Crippen LogP contribution is 2.40. The van der Waals surface area contributed by atoms with E-state index in [1.807, 2.05) is 18.2 Å². The molecule has 9 heteroatoms. The number of carbonyl (C=O) groups is 1. The first-order chi connectivity index (χ1) is 14.0. The molecule has 1 N–H and O–H groups in total. The van der Waals surface area contributed by atoms with Gasteiger partial charge in [0.25, 0.3) is 5.91 Å². The van der Waals surface area contributed by atoms with Gasteiger partial charge >= 0.3 is 5.76 Å². The summed E-state index contributed by atoms with van der Waals surface area (Å²) in [5.74, 6) is 0.150. The van der Waals surface area contributed by atoms with Crippen LogP contribution in [0.1, 0.15) is 35.2 Å². The highest BCUT2D eigenvalue weighted by molar-refractivity contribution is 6.32. The van der Waals surface area contributed by atoms with Gasteiger partial charge in [0.1, 0.15) is 5.82 Å². The van der Waals surface area contributed by atoms with Gasteiger partial charge in [0, 0.05) is 24.7 Å². The van der Waals surface area contributed by atoms with Gasteiger partial charge in [-0.05, 0) is 37.1 Å². The van der Waals surface area contributed by atoms with Crippen molar-refractivity contribution in [2.45, 2.75) is 18.8 Å². The van der Waals surface area contributed by atoms with Crippen molar-refractivity contribution < 1.29 is 9.21 Å². The van der Waals surface area contributed by atoms with Crippen LogP contribution in [0.25, 0.3) is 16.8 Å². The van der Waals surface area contributed by atoms with Gasteiger partial charge in [-0.3, -0.25) is 9.36 Å². The van der Waals surface area contributed by atoms with Gasteiger partial charge in [0.15, 0.2) is 5.58 Å². The smallest absolute Gasteiger partial charge is 0.408 e. The predicted molar refractivity (Wildman–Crippen MR) is 108 cm³/mol. The van der Waals surface area contributed by atoms with Crippen LogP contribution in [0.2, 0.25) is 5.02 Å². The van der Waals surface area contributed by atoms with Crippen molar-refractivity contribution in [1.29, 1.82) is 0 Å². The van der Waals surface area contributed by atoms with E-state index in [2.05, 4.69) is 15.4 Å². The number of carbonyl (C=O) groups excluding carboxylic acids is 1. The summed E-state index contributed by atoms with van der Waals surface area (Å²) >= 11 is 6.32. The average molecular weight is 410 g/mol. The van der Waals surface area contributed by atoms with Crippen LogP contribution in [0.5, 0.6) is 0 Å². The highest BCUT2D eigenvalue weighted by Gasteiger charge is 2.32. The Bertz CT molecular complexity index is 1320. The standard InChI is InChI=1S/C20H16ClN5O3/c1-25-15-9-8-12(10-16(15)29-20(25)28)22-19(27)17-23-18(11-6-7-11)26(24-17)14-5-3-2-4-13(14)21/h2-5,8-11H,6-7H2,1H3,(H,22,27). The van der Waals surface area contributed by atoms with Crippen LogP contribution in [-0.4, -0.2) is 25.2 Å². The average Bonchev–Trinajstić information content (AvgIpc) is 3.39. The molecule has 1 aliphatic carbocycles. The molecule has 2 aromatic carbocycles. The zero-order valence-electron chi connectivity index (χ0n) is 15.4. The molecule has 146 valence electrons. The second-order valence-electron chi connectivity index (χ2n) is 6.99. The fourth-order valence-corrected chi connectivity index (χ4v) is 3.44. The SMILES string of the molecule is Cn1c(=O)oc2cc(NC(=O)c3nc(C4CC4)n(-c4ccccc4Cl)n3)ccc21. The minimum atomic E-state index is -0.460. The number of hydrogen-bond donors (Lipinski definition) is 1. The monoisotopic (exact) mass is 409 g/mol. The summed E-state index contributed by atoms with van der Waals surface area (Å²) in [5, 5.41) is 7.71. The second-order valence-corrected chi connectivity index (χ2v) is 7.40. The van der Waals surface area contributed by atoms with E-state index in [1.54, 1.807) is 36.0 Å². The first-order valence-corrected chi connectivity index (χ1v) is 9.52. The largest absolute Gasteiger partial charge is 0.419 e. The Labute approximate surface area is 169 Å². The quantitative estimate of drug-likeness (QED) is 0.556. The van der Waals surface area contributed by atoms with E-state index in [0.29, 0.717) is 27.5 Å². The summed E-state index contributed by atoms with van der Waals surface area (Å²) < 4.78 is 8.21. The number of oxazole rings is 1. The van der Waals surface area contributed by atoms with Crippen LogP contribution in [0.15, 0.2) is 51.7 Å². The van der Waals surface area contributed by atoms with E-state index in [9.17, 15) is 9.59 Å². The van der Waals surface area contributed by atoms with Gasteiger partial charge in [-0.15, -0.1) is 5.10 Å². The van der Waals surface area contributed by atoms with Crippen LogP contribution in [0.4, 0.5) is 5.69 Å². The molecule has 0 aliphatic heterocycles. The molecule has 1 aliphatic rings. The molecule has 1 fully saturated rings. The minimum Gasteiger partial charge on any atom is -0.408 e. The van der Waals surface area contributed by atoms with Crippen molar-refractivity contribution in [2.75, 3.05) is 5.32 Å². The van der Waals surface area contributed by atoms with Crippen molar-refractivity contribution in [3.05, 3.63) is 69.7 Å². The lowest BCUT2D eigenvalue weighted by Crippen LogP contribution is -2.14. The zero-order valence-corrected chi connectivity index (χ0v) is 16.2. The third-order valence-electron chi connectivity index (χ3n) is 4.91. The number of nitrogens with zero attached hydrogens (tertiary/aromatic N) is 4. The van der Waals surface area contributed by atoms with Crippen molar-refractivity contribution in [2.24, 2.45) is 7.05 Å². The molecule has 0 spiro atoms. The van der Waals surface area contributed by atoms with Gasteiger partial charge in [0.2, 0.25) is 5.82 Å². The van der Waals surface area contributed by atoms with Gasteiger partial charge in [0.05, 0.1) is 16.2 Å². The number of benzene rings is 2. The highest BCUT2D eigenvalue weighted by atomic mass is 35.5. The number of nitrogens with one attached hydrogen (secondary N) is 1. The molecule has 8 nitrogen and oxygen atoms in total. The van der Waals surface area contributed by atoms with E-state index in [1.165, 1.54) is 4.57 Å². The van der Waals surface area contributed by atoms with Gasteiger partial charge < -0.3 is 9.73 Å². The molecule has 0 bridgehead atoms. The molecule has 4 aromatic rings. The fraction of sp³-hybridized carbons (Fsp3) is 0.200. The Hall–Kier alpha value is -3.39. The topological polar surface area (TPSA) is 95.0 Å². The Morgan fingerprint density at radius 2 is 2.03 bits per heavy atom. The molecule has 0 radical (unpaired) electrons. The van der Waals surface area contributed by atoms with Gasteiger partial charge in [-0.25, -0.2) is 14.5 Å². The van der Waals surface area contributed by atoms with E-state index < -0.39 is 11.7 Å². The summed E-state index contributed by atoms with van der Waals surface area (Å²) in [6.07, 6.45) is 2.02. The number of hydrogen-bond acceptors (Lipinski definition) is 5. The minimum absolute atomic E-state index is 0.0569. The molecule has 29 heavy (non-hydrogen) atoms. The summed E-state index contributed by atoms with van der Waals surface area (Å²) in [6.45, 7) is 0. The predicted octanol–water partition coefficient (Wildman–Crippen LogP) is 3.50. The second kappa shape index (κ2) is 6.59. The number of amides is 1. The van der Waals surface area contributed by atoms with Crippen LogP contribution >= 0.6 is 11.6 Å². The molecular formula is C20H16ClN5O3. The maximum Gasteiger partial charge on any atom is 0.419 e. The summed E-state index contributed by atoms with van der Waals surface area (Å²) in [4.78, 5) is 28.9. The lowest BCUT2D eigenvalue weighted by Gasteiger charge is -2.06. The third kappa shape index (κ3) is 3.11. The lowest BCUT2D eigenvalue weighted by molar-refractivity contribution is 0.101. The van der Waals surface area contributed by atoms with Crippen LogP contribution < -0.4 is 11.1 Å². The van der Waals surface area contributed by atoms with Gasteiger partial charge in [-0.2, -0.15) is 0 Å². The Morgan fingerprint density at radius 3 is 2.79 bits per heavy atom. The normalized spacial score (nSPS) is 13.7. The number of anilines is 1. The number of aryl methyl sites for hydroxylation is 1. The molecule has 2 heterocycles. The third-order valence-corrected chi connectivity index (χ3v) is 5.23. The molecule has 1 saturated carbocycles. The first-order valence-electron chi connectivity index (χ1n) is 9.14. The van der Waals surface area contributed by atoms with E-state index >= 15 is 0 Å². The lowest BCUT2D eigenvalue weighted by atomic mass is 10.3. The van der Waals surface area contributed by atoms with E-state index in [0.717, 1.165) is 18.7 Å². The molecule has 0 saturated heterocycles. The van der Waals surface area contributed by atoms with Gasteiger partial charge in [-0.1, -0.05) is 23.7 Å². The molecular weight excluding hydrogens is 394 g/mol. The van der Waals surface area contributed by atoms with Crippen molar-refractivity contribution in [3.8, 4) is 5.69 Å². The summed E-state index contributed by atoms with van der Waals surface area (Å²) in [6, 6.07) is 12.3. The molecule has 5 rings (SSSR count). The molecule has 1 amide bonds. The number of halogens is 1. The van der Waals surface area contributed by atoms with Crippen molar-refractivity contribution in [1.82, 2.24) is 19.3 Å². The number of para-hydroxylation sites is 1. The maximum absolute atomic E-state index is 12.8. The zero-order chi connectivity index (χ0) is 20.1. The molecule has 0 unspecified atom stereocenters. The van der Waals surface area contributed by atoms with Crippen LogP contribution in [0, 0.1) is 0 Å². The Morgan fingerprint density at radius 1 is 1.24 bits per heavy atom.